The lowest BCUT2D eigenvalue weighted by atomic mass is 9.97. The SMILES string of the molecule is CN(CCC(=O)O)C(=O)c1ccccc1C(=O)c1ccc(N(C)C)c([N+](=O)[O-])c1. The van der Waals surface area contributed by atoms with Gasteiger partial charge in [0, 0.05) is 44.9 Å². The summed E-state index contributed by atoms with van der Waals surface area (Å²) in [5.41, 5.74) is 0.402. The van der Waals surface area contributed by atoms with Crippen molar-refractivity contribution in [2.24, 2.45) is 0 Å². The first kappa shape index (κ1) is 21.5. The molecule has 0 bridgehead atoms. The molecule has 152 valence electrons. The van der Waals surface area contributed by atoms with Crippen molar-refractivity contribution in [2.45, 2.75) is 6.42 Å². The quantitative estimate of drug-likeness (QED) is 0.411. The van der Waals surface area contributed by atoms with Gasteiger partial charge in [-0.3, -0.25) is 24.5 Å². The lowest BCUT2D eigenvalue weighted by Gasteiger charge is -2.18. The molecular formula is C20H21N3O6. The number of carbonyl (C=O) groups excluding carboxylic acids is 2. The maximum absolute atomic E-state index is 13.0. The summed E-state index contributed by atoms with van der Waals surface area (Å²) in [7, 11) is 4.76. The number of rotatable bonds is 8. The van der Waals surface area contributed by atoms with Crippen LogP contribution in [-0.4, -0.2) is 60.3 Å². The Labute approximate surface area is 167 Å². The van der Waals surface area contributed by atoms with Gasteiger partial charge < -0.3 is 14.9 Å². The molecule has 0 aliphatic carbocycles. The fourth-order valence-electron chi connectivity index (χ4n) is 2.78. The molecular weight excluding hydrogens is 378 g/mol. The fraction of sp³-hybridized carbons (Fsp3) is 0.250. The molecule has 29 heavy (non-hydrogen) atoms. The van der Waals surface area contributed by atoms with Crippen molar-refractivity contribution in [2.75, 3.05) is 32.6 Å². The molecule has 0 fully saturated rings. The topological polar surface area (TPSA) is 121 Å². The van der Waals surface area contributed by atoms with Crippen LogP contribution in [-0.2, 0) is 4.79 Å². The second kappa shape index (κ2) is 8.96. The van der Waals surface area contributed by atoms with Crippen molar-refractivity contribution in [3.05, 3.63) is 69.3 Å². The molecule has 0 aliphatic rings. The van der Waals surface area contributed by atoms with Crippen molar-refractivity contribution in [1.29, 1.82) is 0 Å². The van der Waals surface area contributed by atoms with Gasteiger partial charge in [-0.2, -0.15) is 0 Å². The predicted octanol–water partition coefficient (Wildman–Crippen LogP) is 2.44. The summed E-state index contributed by atoms with van der Waals surface area (Å²) < 4.78 is 0. The maximum Gasteiger partial charge on any atom is 0.305 e. The Bertz CT molecular complexity index is 970. The zero-order chi connectivity index (χ0) is 21.7. The molecule has 0 atom stereocenters. The van der Waals surface area contributed by atoms with Crippen LogP contribution in [0.3, 0.4) is 0 Å². The minimum Gasteiger partial charge on any atom is -0.481 e. The van der Waals surface area contributed by atoms with Crippen LogP contribution in [0.5, 0.6) is 0 Å². The van der Waals surface area contributed by atoms with E-state index >= 15 is 0 Å². The van der Waals surface area contributed by atoms with E-state index in [2.05, 4.69) is 0 Å². The van der Waals surface area contributed by atoms with Gasteiger partial charge in [-0.05, 0) is 18.2 Å². The number of nitro benzene ring substituents is 1. The molecule has 0 spiro atoms. The number of carbonyl (C=O) groups is 3. The third-order valence-corrected chi connectivity index (χ3v) is 4.33. The van der Waals surface area contributed by atoms with Gasteiger partial charge in [0.15, 0.2) is 5.78 Å². The molecule has 0 saturated heterocycles. The summed E-state index contributed by atoms with van der Waals surface area (Å²) in [4.78, 5) is 50.1. The molecule has 9 heteroatoms. The van der Waals surface area contributed by atoms with Gasteiger partial charge in [0.25, 0.3) is 11.6 Å². The van der Waals surface area contributed by atoms with Gasteiger partial charge in [0.1, 0.15) is 5.69 Å². The summed E-state index contributed by atoms with van der Waals surface area (Å²) in [6.45, 7) is -0.0142. The highest BCUT2D eigenvalue weighted by Gasteiger charge is 2.24. The first-order chi connectivity index (χ1) is 13.6. The highest BCUT2D eigenvalue weighted by molar-refractivity contribution is 6.15. The van der Waals surface area contributed by atoms with Crippen LogP contribution in [0.2, 0.25) is 0 Å². The number of carboxylic acid groups (broad SMARTS) is 1. The molecule has 2 aromatic rings. The standard InChI is InChI=1S/C20H21N3O6/c1-21(2)16-9-8-13(12-17(16)23(28)29)19(26)14-6-4-5-7-15(14)20(27)22(3)11-10-18(24)25/h4-9,12H,10-11H2,1-3H3,(H,24,25). The first-order valence-corrected chi connectivity index (χ1v) is 8.70. The second-order valence-electron chi connectivity index (χ2n) is 6.60. The Morgan fingerprint density at radius 1 is 1.03 bits per heavy atom. The zero-order valence-corrected chi connectivity index (χ0v) is 16.3. The number of nitrogens with zero attached hydrogens (tertiary/aromatic N) is 3. The van der Waals surface area contributed by atoms with Gasteiger partial charge in [-0.25, -0.2) is 0 Å². The first-order valence-electron chi connectivity index (χ1n) is 8.70. The van der Waals surface area contributed by atoms with E-state index in [0.29, 0.717) is 5.69 Å². The number of anilines is 1. The fourth-order valence-corrected chi connectivity index (χ4v) is 2.78. The van der Waals surface area contributed by atoms with Crippen molar-refractivity contribution in [3.63, 3.8) is 0 Å². The molecule has 0 radical (unpaired) electrons. The number of carboxylic acids is 1. The van der Waals surface area contributed by atoms with Crippen molar-refractivity contribution < 1.29 is 24.4 Å². The highest BCUT2D eigenvalue weighted by Crippen LogP contribution is 2.29. The average Bonchev–Trinajstić information content (AvgIpc) is 2.70. The summed E-state index contributed by atoms with van der Waals surface area (Å²) >= 11 is 0. The monoisotopic (exact) mass is 399 g/mol. The van der Waals surface area contributed by atoms with Crippen LogP contribution in [0.4, 0.5) is 11.4 Å². The van der Waals surface area contributed by atoms with Crippen LogP contribution >= 0.6 is 0 Å². The van der Waals surface area contributed by atoms with E-state index in [1.54, 1.807) is 31.1 Å². The van der Waals surface area contributed by atoms with Gasteiger partial charge in [-0.1, -0.05) is 18.2 Å². The van der Waals surface area contributed by atoms with E-state index in [-0.39, 0.29) is 35.3 Å². The van der Waals surface area contributed by atoms with E-state index in [1.165, 1.54) is 42.3 Å². The molecule has 0 aliphatic heterocycles. The number of aliphatic carboxylic acids is 1. The third-order valence-electron chi connectivity index (χ3n) is 4.33. The number of benzene rings is 2. The summed E-state index contributed by atoms with van der Waals surface area (Å²) in [5.74, 6) is -2.08. The Morgan fingerprint density at radius 2 is 1.66 bits per heavy atom. The lowest BCUT2D eigenvalue weighted by molar-refractivity contribution is -0.384. The van der Waals surface area contributed by atoms with Crippen molar-refractivity contribution >= 4 is 29.0 Å². The van der Waals surface area contributed by atoms with Crippen LogP contribution in [0, 0.1) is 10.1 Å². The number of hydrogen-bond donors (Lipinski definition) is 1. The van der Waals surface area contributed by atoms with Gasteiger partial charge >= 0.3 is 5.97 Å². The largest absolute Gasteiger partial charge is 0.481 e. The van der Waals surface area contributed by atoms with Crippen LogP contribution in [0.1, 0.15) is 32.7 Å². The summed E-state index contributed by atoms with van der Waals surface area (Å²) in [5, 5.41) is 20.2. The third kappa shape index (κ3) is 4.95. The number of nitro groups is 1. The van der Waals surface area contributed by atoms with Crippen molar-refractivity contribution in [1.82, 2.24) is 4.90 Å². The molecule has 1 amide bonds. The molecule has 0 aromatic heterocycles. The average molecular weight is 399 g/mol. The molecule has 2 rings (SSSR count). The van der Waals surface area contributed by atoms with Gasteiger partial charge in [0.05, 0.1) is 16.9 Å². The molecule has 2 aromatic carbocycles. The van der Waals surface area contributed by atoms with Gasteiger partial charge in [-0.15, -0.1) is 0 Å². The normalized spacial score (nSPS) is 10.3. The molecule has 0 unspecified atom stereocenters. The minimum absolute atomic E-state index is 0.0142. The van der Waals surface area contributed by atoms with Crippen molar-refractivity contribution in [3.8, 4) is 0 Å². The Balaban J connectivity index is 2.42. The summed E-state index contributed by atoms with van der Waals surface area (Å²) in [6, 6.07) is 10.3. The smallest absolute Gasteiger partial charge is 0.305 e. The van der Waals surface area contributed by atoms with E-state index in [0.717, 1.165) is 0 Å². The second-order valence-corrected chi connectivity index (χ2v) is 6.60. The number of ketones is 1. The molecule has 1 N–H and O–H groups in total. The number of amides is 1. The van der Waals surface area contributed by atoms with E-state index in [4.69, 9.17) is 5.11 Å². The van der Waals surface area contributed by atoms with E-state index in [9.17, 15) is 24.5 Å². The number of hydrogen-bond acceptors (Lipinski definition) is 6. The molecule has 0 saturated carbocycles. The van der Waals surface area contributed by atoms with Crippen LogP contribution in [0.15, 0.2) is 42.5 Å². The Morgan fingerprint density at radius 3 is 2.21 bits per heavy atom. The van der Waals surface area contributed by atoms with E-state index in [1.807, 2.05) is 0 Å². The predicted molar refractivity (Wildman–Crippen MR) is 107 cm³/mol. The highest BCUT2D eigenvalue weighted by atomic mass is 16.6. The summed E-state index contributed by atoms with van der Waals surface area (Å²) in [6.07, 6.45) is -0.226. The minimum atomic E-state index is -1.04. The Hall–Kier alpha value is -3.75. The molecule has 0 heterocycles. The van der Waals surface area contributed by atoms with E-state index < -0.39 is 22.6 Å². The molecule has 9 nitrogen and oxygen atoms in total. The lowest BCUT2D eigenvalue weighted by Crippen LogP contribution is -2.30. The zero-order valence-electron chi connectivity index (χ0n) is 16.3. The van der Waals surface area contributed by atoms with Crippen LogP contribution < -0.4 is 4.90 Å². The van der Waals surface area contributed by atoms with Crippen LogP contribution in [0.25, 0.3) is 0 Å². The van der Waals surface area contributed by atoms with Gasteiger partial charge in [0.2, 0.25) is 0 Å². The Kier molecular flexibility index (Phi) is 6.66. The maximum atomic E-state index is 13.0.